The highest BCUT2D eigenvalue weighted by molar-refractivity contribution is 9.10. The summed E-state index contributed by atoms with van der Waals surface area (Å²) in [6, 6.07) is 0. The Bertz CT molecular complexity index is 529. The number of aryl methyl sites for hydroxylation is 1. The second kappa shape index (κ2) is 5.74. The minimum Gasteiger partial charge on any atom is -0.368 e. The van der Waals surface area contributed by atoms with Crippen LogP contribution in [-0.2, 0) is 6.42 Å². The molecule has 0 saturated heterocycles. The largest absolute Gasteiger partial charge is 0.368 e. The number of nitrogens with one attached hydrogen (secondary N) is 2. The number of hydrogen-bond acceptors (Lipinski definition) is 8. The first-order valence-corrected chi connectivity index (χ1v) is 6.00. The van der Waals surface area contributed by atoms with E-state index in [9.17, 15) is 0 Å². The van der Waals surface area contributed by atoms with Crippen molar-refractivity contribution in [3.63, 3.8) is 0 Å². The van der Waals surface area contributed by atoms with Gasteiger partial charge in [-0.3, -0.25) is 5.43 Å². The fourth-order valence-electron chi connectivity index (χ4n) is 1.29. The molecule has 0 radical (unpaired) electrons. The molecule has 9 heteroatoms. The zero-order valence-electron chi connectivity index (χ0n) is 9.64. The summed E-state index contributed by atoms with van der Waals surface area (Å²) >= 11 is 3.34. The number of nitrogens with zero attached hydrogens (tertiary/aromatic N) is 4. The number of halogens is 1. The summed E-state index contributed by atoms with van der Waals surface area (Å²) < 4.78 is 5.75. The molecule has 0 bridgehead atoms. The molecule has 8 nitrogen and oxygen atoms in total. The maximum Gasteiger partial charge on any atom is 0.239 e. The van der Waals surface area contributed by atoms with Gasteiger partial charge in [0.05, 0.1) is 4.47 Å². The summed E-state index contributed by atoms with van der Waals surface area (Å²) in [7, 11) is 0. The van der Waals surface area contributed by atoms with Gasteiger partial charge in [-0.1, -0.05) is 5.16 Å². The Hall–Kier alpha value is -1.74. The van der Waals surface area contributed by atoms with Crippen molar-refractivity contribution < 1.29 is 4.52 Å². The van der Waals surface area contributed by atoms with Crippen LogP contribution in [0.1, 0.15) is 11.7 Å². The second-order valence-corrected chi connectivity index (χ2v) is 4.30. The molecule has 0 atom stereocenters. The Balaban J connectivity index is 1.93. The quantitative estimate of drug-likeness (QED) is 0.550. The molecule has 0 aliphatic heterocycles. The van der Waals surface area contributed by atoms with Crippen LogP contribution in [0.2, 0.25) is 0 Å². The smallest absolute Gasteiger partial charge is 0.239 e. The number of nitrogen functional groups attached to an aromatic ring is 1. The summed E-state index contributed by atoms with van der Waals surface area (Å²) in [5.74, 6) is 7.44. The fourth-order valence-corrected chi connectivity index (χ4v) is 1.62. The third-order valence-corrected chi connectivity index (χ3v) is 2.65. The highest BCUT2D eigenvalue weighted by Crippen LogP contribution is 2.19. The lowest BCUT2D eigenvalue weighted by Crippen LogP contribution is -2.13. The van der Waals surface area contributed by atoms with Crippen LogP contribution in [0, 0.1) is 6.92 Å². The van der Waals surface area contributed by atoms with Crippen molar-refractivity contribution >= 4 is 27.7 Å². The van der Waals surface area contributed by atoms with E-state index in [0.717, 1.165) is 4.47 Å². The lowest BCUT2D eigenvalue weighted by atomic mass is 10.4. The third-order valence-electron chi connectivity index (χ3n) is 2.07. The number of aromatic nitrogens is 4. The van der Waals surface area contributed by atoms with Crippen LogP contribution in [0.15, 0.2) is 15.2 Å². The molecule has 2 aromatic heterocycles. The zero-order chi connectivity index (χ0) is 13.0. The summed E-state index contributed by atoms with van der Waals surface area (Å²) in [6.45, 7) is 2.39. The van der Waals surface area contributed by atoms with Gasteiger partial charge in [-0.25, -0.2) is 10.8 Å². The maximum atomic E-state index is 5.24. The first-order chi connectivity index (χ1) is 8.69. The molecule has 2 rings (SSSR count). The molecule has 2 aromatic rings. The zero-order valence-corrected chi connectivity index (χ0v) is 11.2. The molecule has 96 valence electrons. The molecule has 0 aromatic carbocycles. The van der Waals surface area contributed by atoms with Crippen molar-refractivity contribution in [1.29, 1.82) is 0 Å². The van der Waals surface area contributed by atoms with Gasteiger partial charge in [-0.05, 0) is 22.9 Å². The summed E-state index contributed by atoms with van der Waals surface area (Å²) in [5, 5.41) is 6.84. The Morgan fingerprint density at radius 3 is 2.94 bits per heavy atom. The molecular weight excluding hydrogens is 302 g/mol. The normalized spacial score (nSPS) is 10.4. The van der Waals surface area contributed by atoms with Gasteiger partial charge in [0.15, 0.2) is 5.82 Å². The Morgan fingerprint density at radius 2 is 2.28 bits per heavy atom. The molecule has 0 amide bonds. The lowest BCUT2D eigenvalue weighted by molar-refractivity contribution is 0.377. The monoisotopic (exact) mass is 313 g/mol. The van der Waals surface area contributed by atoms with Crippen molar-refractivity contribution in [2.75, 3.05) is 17.3 Å². The summed E-state index contributed by atoms with van der Waals surface area (Å²) in [6.07, 6.45) is 2.23. The van der Waals surface area contributed by atoms with Gasteiger partial charge in [-0.2, -0.15) is 9.97 Å². The number of nitrogens with two attached hydrogens (primary N) is 1. The Morgan fingerprint density at radius 1 is 1.44 bits per heavy atom. The van der Waals surface area contributed by atoms with Crippen molar-refractivity contribution in [2.45, 2.75) is 13.3 Å². The van der Waals surface area contributed by atoms with Crippen LogP contribution >= 0.6 is 15.9 Å². The highest BCUT2D eigenvalue weighted by Gasteiger charge is 2.06. The topological polar surface area (TPSA) is 115 Å². The van der Waals surface area contributed by atoms with E-state index < -0.39 is 0 Å². The molecule has 2 heterocycles. The molecule has 18 heavy (non-hydrogen) atoms. The van der Waals surface area contributed by atoms with Gasteiger partial charge in [-0.15, -0.1) is 0 Å². The van der Waals surface area contributed by atoms with E-state index in [1.807, 2.05) is 0 Å². The molecule has 0 unspecified atom stereocenters. The predicted octanol–water partition coefficient (Wildman–Crippen LogP) is 0.871. The predicted molar refractivity (Wildman–Crippen MR) is 68.8 cm³/mol. The van der Waals surface area contributed by atoms with E-state index in [4.69, 9.17) is 10.4 Å². The SMILES string of the molecule is Cc1noc(CCNc2nc(NN)ncc2Br)n1. The van der Waals surface area contributed by atoms with Crippen molar-refractivity contribution in [3.8, 4) is 0 Å². The van der Waals surface area contributed by atoms with Crippen molar-refractivity contribution in [1.82, 2.24) is 20.1 Å². The van der Waals surface area contributed by atoms with Crippen molar-refractivity contribution in [3.05, 3.63) is 22.4 Å². The maximum absolute atomic E-state index is 5.24. The average Bonchev–Trinajstić information content (AvgIpc) is 2.77. The second-order valence-electron chi connectivity index (χ2n) is 3.45. The van der Waals surface area contributed by atoms with Crippen LogP contribution in [0.3, 0.4) is 0 Å². The minimum atomic E-state index is 0.342. The standard InChI is InChI=1S/C9H12BrN7O/c1-5-14-7(18-17-5)2-3-12-8-6(10)4-13-9(15-8)16-11/h4H,2-3,11H2,1H3,(H2,12,13,15,16). The fraction of sp³-hybridized carbons (Fsp3) is 0.333. The first-order valence-electron chi connectivity index (χ1n) is 5.21. The third kappa shape index (κ3) is 3.14. The van der Waals surface area contributed by atoms with Gasteiger partial charge in [0.25, 0.3) is 0 Å². The Labute approximate surface area is 111 Å². The molecular formula is C9H12BrN7O. The van der Waals surface area contributed by atoms with Gasteiger partial charge in [0.1, 0.15) is 5.82 Å². The number of hydrazine groups is 1. The highest BCUT2D eigenvalue weighted by atomic mass is 79.9. The van der Waals surface area contributed by atoms with Crippen LogP contribution in [0.25, 0.3) is 0 Å². The van der Waals surface area contributed by atoms with E-state index in [1.165, 1.54) is 0 Å². The Kier molecular flexibility index (Phi) is 4.05. The summed E-state index contributed by atoms with van der Waals surface area (Å²) in [5.41, 5.74) is 2.38. The van der Waals surface area contributed by atoms with Crippen molar-refractivity contribution in [2.24, 2.45) is 5.84 Å². The van der Waals surface area contributed by atoms with Crippen LogP contribution in [0.4, 0.5) is 11.8 Å². The van der Waals surface area contributed by atoms with Crippen LogP contribution < -0.4 is 16.6 Å². The minimum absolute atomic E-state index is 0.342. The van der Waals surface area contributed by atoms with E-state index in [0.29, 0.717) is 36.4 Å². The molecule has 0 aliphatic carbocycles. The summed E-state index contributed by atoms with van der Waals surface area (Å²) in [4.78, 5) is 12.2. The molecule has 0 fully saturated rings. The van der Waals surface area contributed by atoms with Gasteiger partial charge in [0.2, 0.25) is 11.8 Å². The molecule has 0 saturated carbocycles. The van der Waals surface area contributed by atoms with E-state index in [-0.39, 0.29) is 0 Å². The number of anilines is 2. The number of rotatable bonds is 5. The van der Waals surface area contributed by atoms with E-state index >= 15 is 0 Å². The van der Waals surface area contributed by atoms with Gasteiger partial charge < -0.3 is 9.84 Å². The van der Waals surface area contributed by atoms with Crippen LogP contribution in [-0.4, -0.2) is 26.7 Å². The number of hydrogen-bond donors (Lipinski definition) is 3. The van der Waals surface area contributed by atoms with E-state index in [2.05, 4.69) is 46.8 Å². The van der Waals surface area contributed by atoms with E-state index in [1.54, 1.807) is 13.1 Å². The lowest BCUT2D eigenvalue weighted by Gasteiger charge is -2.07. The van der Waals surface area contributed by atoms with Gasteiger partial charge >= 0.3 is 0 Å². The van der Waals surface area contributed by atoms with Gasteiger partial charge in [0, 0.05) is 19.2 Å². The van der Waals surface area contributed by atoms with Crippen LogP contribution in [0.5, 0.6) is 0 Å². The molecule has 0 aliphatic rings. The first kappa shape index (κ1) is 12.7. The molecule has 0 spiro atoms. The average molecular weight is 314 g/mol. The molecule has 4 N–H and O–H groups in total.